The van der Waals surface area contributed by atoms with E-state index in [-0.39, 0.29) is 12.1 Å². The zero-order valence-electron chi connectivity index (χ0n) is 48.7. The molecule has 410 valence electrons. The van der Waals surface area contributed by atoms with Crippen LogP contribution < -0.4 is 26.2 Å². The lowest BCUT2D eigenvalue weighted by Gasteiger charge is -2.45. The van der Waals surface area contributed by atoms with Crippen molar-refractivity contribution in [2.45, 2.75) is 26.2 Å². The molecule has 0 bridgehead atoms. The maximum absolute atomic E-state index is 2.63. The molecule has 0 spiro atoms. The Kier molecular flexibility index (Phi) is 11.6. The van der Waals surface area contributed by atoms with Crippen LogP contribution in [0.15, 0.2) is 303 Å². The Morgan fingerprint density at radius 3 is 0.862 bits per heavy atom. The highest BCUT2D eigenvalue weighted by Crippen LogP contribution is 2.50. The van der Waals surface area contributed by atoms with Crippen LogP contribution >= 0.6 is 0 Å². The van der Waals surface area contributed by atoms with Gasteiger partial charge in [-0.2, -0.15) is 0 Å². The standard InChI is InChI=1S/C82H59BN4/c1-82(2,3)62-50-79-81-80(51-62)87(66-48-60(56-28-12-6-13-29-56)45-61(49-66)57-30-14-7-15-31-57)78-53-64(85-75-38-22-18-34-69(75)70-35-19-23-39-76(70)85)41-43-72(78)83(81)71-42-40-63(84-73-36-20-16-32-67(73)68-33-17-21-37-74(68)84)52-77(71)86(79)65-46-58(54-24-8-4-9-25-54)44-59(47-65)55-26-10-5-11-27-55/h4-53H,1-3H3. The second-order valence-electron chi connectivity index (χ2n) is 24.5. The maximum Gasteiger partial charge on any atom is 0.252 e. The Hall–Kier alpha value is -10.9. The van der Waals surface area contributed by atoms with Gasteiger partial charge in [-0.25, -0.2) is 0 Å². The lowest BCUT2D eigenvalue weighted by Crippen LogP contribution is -2.61. The van der Waals surface area contributed by atoms with Gasteiger partial charge in [-0.15, -0.1) is 0 Å². The molecule has 0 aliphatic carbocycles. The highest BCUT2D eigenvalue weighted by molar-refractivity contribution is 7.00. The molecular weight excluding hydrogens is 1050 g/mol. The van der Waals surface area contributed by atoms with Gasteiger partial charge in [0.15, 0.2) is 0 Å². The Labute approximate surface area is 507 Å². The molecule has 15 aromatic rings. The van der Waals surface area contributed by atoms with E-state index in [9.17, 15) is 0 Å². The largest absolute Gasteiger partial charge is 0.311 e. The molecule has 4 nitrogen and oxygen atoms in total. The molecule has 4 heterocycles. The average molecular weight is 1110 g/mol. The third-order valence-corrected chi connectivity index (χ3v) is 18.4. The summed E-state index contributed by atoms with van der Waals surface area (Å²) in [6, 6.07) is 113. The first-order valence-corrected chi connectivity index (χ1v) is 30.3. The maximum atomic E-state index is 2.63. The summed E-state index contributed by atoms with van der Waals surface area (Å²) in [6.07, 6.45) is 0. The van der Waals surface area contributed by atoms with Crippen molar-refractivity contribution < 1.29 is 0 Å². The summed E-state index contributed by atoms with van der Waals surface area (Å²) >= 11 is 0. The number of nitrogens with zero attached hydrogens (tertiary/aromatic N) is 4. The summed E-state index contributed by atoms with van der Waals surface area (Å²) in [4.78, 5) is 5.25. The van der Waals surface area contributed by atoms with Gasteiger partial charge >= 0.3 is 0 Å². The zero-order chi connectivity index (χ0) is 57.9. The van der Waals surface area contributed by atoms with Crippen LogP contribution in [0, 0.1) is 0 Å². The van der Waals surface area contributed by atoms with Gasteiger partial charge in [-0.3, -0.25) is 0 Å². The van der Waals surface area contributed by atoms with Crippen molar-refractivity contribution in [3.63, 3.8) is 0 Å². The molecule has 87 heavy (non-hydrogen) atoms. The summed E-state index contributed by atoms with van der Waals surface area (Å²) in [7, 11) is 0. The predicted octanol–water partition coefficient (Wildman–Crippen LogP) is 19.9. The summed E-state index contributed by atoms with van der Waals surface area (Å²) in [5.41, 5.74) is 27.8. The number of para-hydroxylation sites is 4. The topological polar surface area (TPSA) is 16.3 Å². The molecule has 5 heteroatoms. The molecule has 2 aliphatic heterocycles. The Bertz CT molecular complexity index is 4670. The van der Waals surface area contributed by atoms with Crippen molar-refractivity contribution in [1.29, 1.82) is 0 Å². The quantitative estimate of drug-likeness (QED) is 0.141. The monoisotopic (exact) mass is 1110 g/mol. The van der Waals surface area contributed by atoms with E-state index < -0.39 is 0 Å². The van der Waals surface area contributed by atoms with Crippen LogP contribution in [-0.2, 0) is 5.41 Å². The van der Waals surface area contributed by atoms with E-state index in [2.05, 4.69) is 343 Å². The lowest BCUT2D eigenvalue weighted by molar-refractivity contribution is 0.590. The number of hydrogen-bond acceptors (Lipinski definition) is 2. The zero-order valence-corrected chi connectivity index (χ0v) is 48.7. The van der Waals surface area contributed by atoms with Crippen molar-refractivity contribution in [3.05, 3.63) is 309 Å². The van der Waals surface area contributed by atoms with E-state index >= 15 is 0 Å². The smallest absolute Gasteiger partial charge is 0.252 e. The number of aromatic nitrogens is 2. The third kappa shape index (κ3) is 8.22. The third-order valence-electron chi connectivity index (χ3n) is 18.4. The van der Waals surface area contributed by atoms with Gasteiger partial charge in [0.2, 0.25) is 0 Å². The van der Waals surface area contributed by atoms with Gasteiger partial charge in [0, 0.05) is 67.0 Å². The SMILES string of the molecule is CC(C)(C)c1cc2c3c(c1)N(c1cc(-c4ccccc4)cc(-c4ccccc4)c1)c1cc(-n4c5ccccc5c5ccccc54)ccc1B3c1ccc(-n3c4ccccc4c4ccccc43)cc1N2c1cc(-c2ccccc2)cc(-c2ccccc2)c1. The first-order valence-electron chi connectivity index (χ1n) is 30.3. The molecule has 17 rings (SSSR count). The molecule has 0 amide bonds. The van der Waals surface area contributed by atoms with E-state index in [0.29, 0.717) is 0 Å². The van der Waals surface area contributed by atoms with Crippen LogP contribution in [0.3, 0.4) is 0 Å². The van der Waals surface area contributed by atoms with Crippen LogP contribution in [-0.4, -0.2) is 15.8 Å². The Morgan fingerprint density at radius 1 is 0.253 bits per heavy atom. The second kappa shape index (κ2) is 19.9. The number of anilines is 6. The molecular formula is C82H59BN4. The molecule has 0 saturated heterocycles. The summed E-state index contributed by atoms with van der Waals surface area (Å²) in [5.74, 6) is 0. The fourth-order valence-electron chi connectivity index (χ4n) is 14.3. The molecule has 0 unspecified atom stereocenters. The van der Waals surface area contributed by atoms with E-state index in [1.54, 1.807) is 0 Å². The van der Waals surface area contributed by atoms with Crippen LogP contribution in [0.1, 0.15) is 26.3 Å². The number of benzene rings is 13. The van der Waals surface area contributed by atoms with Crippen LogP contribution in [0.25, 0.3) is 99.5 Å². The van der Waals surface area contributed by atoms with Gasteiger partial charge in [0.1, 0.15) is 0 Å². The number of hydrogen-bond donors (Lipinski definition) is 0. The Morgan fingerprint density at radius 2 is 0.552 bits per heavy atom. The van der Waals surface area contributed by atoms with E-state index in [1.165, 1.54) is 99.2 Å². The Balaban J connectivity index is 1.01. The van der Waals surface area contributed by atoms with Gasteiger partial charge in [-0.1, -0.05) is 227 Å². The number of rotatable bonds is 8. The van der Waals surface area contributed by atoms with Crippen molar-refractivity contribution >= 4 is 101 Å². The molecule has 2 aliphatic rings. The van der Waals surface area contributed by atoms with Crippen molar-refractivity contribution in [1.82, 2.24) is 9.13 Å². The average Bonchev–Trinajstić information content (AvgIpc) is 1.23. The van der Waals surface area contributed by atoms with Crippen molar-refractivity contribution in [3.8, 4) is 55.9 Å². The number of fused-ring (bicyclic) bond motifs is 10. The van der Waals surface area contributed by atoms with Crippen molar-refractivity contribution in [2.24, 2.45) is 0 Å². The molecule has 0 radical (unpaired) electrons. The molecule has 0 fully saturated rings. The van der Waals surface area contributed by atoms with Gasteiger partial charge < -0.3 is 18.9 Å². The summed E-state index contributed by atoms with van der Waals surface area (Å²) in [5, 5.41) is 4.95. The van der Waals surface area contributed by atoms with Crippen molar-refractivity contribution in [2.75, 3.05) is 9.80 Å². The minimum absolute atomic E-state index is 0.155. The minimum Gasteiger partial charge on any atom is -0.311 e. The highest BCUT2D eigenvalue weighted by Gasteiger charge is 2.45. The molecule has 0 saturated carbocycles. The van der Waals surface area contributed by atoms with E-state index in [4.69, 9.17) is 0 Å². The van der Waals surface area contributed by atoms with Crippen LogP contribution in [0.2, 0.25) is 0 Å². The first kappa shape index (κ1) is 50.6. The predicted molar refractivity (Wildman–Crippen MR) is 370 cm³/mol. The van der Waals surface area contributed by atoms with Gasteiger partial charge in [0.25, 0.3) is 6.71 Å². The fraction of sp³-hybridized carbons (Fsp3) is 0.0488. The lowest BCUT2D eigenvalue weighted by atomic mass is 9.33. The molecule has 0 atom stereocenters. The van der Waals surface area contributed by atoms with Crippen LogP contribution in [0.5, 0.6) is 0 Å². The van der Waals surface area contributed by atoms with Gasteiger partial charge in [-0.05, 0) is 169 Å². The highest BCUT2D eigenvalue weighted by atomic mass is 15.2. The normalized spacial score (nSPS) is 12.7. The fourth-order valence-corrected chi connectivity index (χ4v) is 14.3. The molecule has 2 aromatic heterocycles. The minimum atomic E-state index is -0.253. The second-order valence-corrected chi connectivity index (χ2v) is 24.5. The summed E-state index contributed by atoms with van der Waals surface area (Å²) < 4.78 is 4.95. The molecule has 13 aromatic carbocycles. The van der Waals surface area contributed by atoms with E-state index in [0.717, 1.165) is 56.4 Å². The van der Waals surface area contributed by atoms with Gasteiger partial charge in [0.05, 0.1) is 22.1 Å². The summed E-state index contributed by atoms with van der Waals surface area (Å²) in [6.45, 7) is 6.96. The van der Waals surface area contributed by atoms with Crippen LogP contribution in [0.4, 0.5) is 34.1 Å². The van der Waals surface area contributed by atoms with E-state index in [1.807, 2.05) is 0 Å². The molecule has 0 N–H and O–H groups in total. The first-order chi connectivity index (χ1) is 42.8.